The predicted molar refractivity (Wildman–Crippen MR) is 97.6 cm³/mol. The molecule has 126 valence electrons. The molecule has 5 nitrogen and oxygen atoms in total. The first-order valence-electron chi connectivity index (χ1n) is 7.86. The third-order valence-corrected chi connectivity index (χ3v) is 5.17. The molecule has 2 aromatic rings. The highest BCUT2D eigenvalue weighted by molar-refractivity contribution is 8.00. The van der Waals surface area contributed by atoms with Crippen LogP contribution in [0.15, 0.2) is 47.8 Å². The van der Waals surface area contributed by atoms with E-state index in [-0.39, 0.29) is 11.2 Å². The first-order valence-corrected chi connectivity index (χ1v) is 9.12. The van der Waals surface area contributed by atoms with Crippen LogP contribution in [-0.2, 0) is 4.79 Å². The molecule has 0 aromatic carbocycles. The van der Waals surface area contributed by atoms with Crippen LogP contribution in [0.2, 0.25) is 5.02 Å². The summed E-state index contributed by atoms with van der Waals surface area (Å²) in [5.74, 6) is 1.07. The molecule has 7 heteroatoms. The second-order valence-corrected chi connectivity index (χ2v) is 7.37. The van der Waals surface area contributed by atoms with Crippen LogP contribution in [0.1, 0.15) is 6.92 Å². The summed E-state index contributed by atoms with van der Waals surface area (Å²) in [5, 5.41) is 1.37. The molecular formula is C17H19ClN4OS. The van der Waals surface area contributed by atoms with E-state index in [1.807, 2.05) is 42.2 Å². The van der Waals surface area contributed by atoms with E-state index in [2.05, 4.69) is 14.9 Å². The van der Waals surface area contributed by atoms with Gasteiger partial charge in [-0.05, 0) is 31.2 Å². The molecule has 0 bridgehead atoms. The lowest BCUT2D eigenvalue weighted by atomic mass is 10.2. The Hall–Kier alpha value is -1.79. The smallest absolute Gasteiger partial charge is 0.235 e. The van der Waals surface area contributed by atoms with Gasteiger partial charge in [0.25, 0.3) is 0 Å². The van der Waals surface area contributed by atoms with E-state index in [0.29, 0.717) is 18.1 Å². The molecule has 24 heavy (non-hydrogen) atoms. The van der Waals surface area contributed by atoms with Gasteiger partial charge in [-0.1, -0.05) is 29.4 Å². The number of carbonyl (C=O) groups excluding carboxylic acids is 1. The number of rotatable bonds is 4. The van der Waals surface area contributed by atoms with Crippen molar-refractivity contribution in [3.05, 3.63) is 47.7 Å². The van der Waals surface area contributed by atoms with Gasteiger partial charge < -0.3 is 9.80 Å². The number of nitrogens with zero attached hydrogens (tertiary/aromatic N) is 4. The number of aromatic nitrogens is 2. The number of halogens is 1. The lowest BCUT2D eigenvalue weighted by Crippen LogP contribution is -2.50. The van der Waals surface area contributed by atoms with Gasteiger partial charge in [-0.25, -0.2) is 9.97 Å². The fourth-order valence-corrected chi connectivity index (χ4v) is 3.62. The number of hydrogen-bond acceptors (Lipinski definition) is 5. The Labute approximate surface area is 151 Å². The van der Waals surface area contributed by atoms with E-state index in [1.54, 1.807) is 12.4 Å². The molecule has 1 fully saturated rings. The summed E-state index contributed by atoms with van der Waals surface area (Å²) >= 11 is 7.38. The lowest BCUT2D eigenvalue weighted by Gasteiger charge is -2.36. The molecule has 0 N–H and O–H groups in total. The number of pyridine rings is 2. The van der Waals surface area contributed by atoms with Gasteiger partial charge in [0.1, 0.15) is 5.82 Å². The molecule has 1 saturated heterocycles. The molecule has 1 amide bonds. The van der Waals surface area contributed by atoms with Crippen LogP contribution >= 0.6 is 23.4 Å². The van der Waals surface area contributed by atoms with Crippen LogP contribution in [0.5, 0.6) is 0 Å². The molecule has 2 aromatic heterocycles. The monoisotopic (exact) mass is 362 g/mol. The van der Waals surface area contributed by atoms with Gasteiger partial charge in [0, 0.05) is 38.6 Å². The van der Waals surface area contributed by atoms with Crippen LogP contribution in [0.4, 0.5) is 5.82 Å². The van der Waals surface area contributed by atoms with Gasteiger partial charge in [0.2, 0.25) is 5.91 Å². The number of anilines is 1. The molecule has 1 aliphatic rings. The molecule has 3 rings (SSSR count). The second kappa shape index (κ2) is 7.85. The van der Waals surface area contributed by atoms with E-state index < -0.39 is 0 Å². The molecule has 0 aliphatic carbocycles. The summed E-state index contributed by atoms with van der Waals surface area (Å²) in [4.78, 5) is 25.3. The summed E-state index contributed by atoms with van der Waals surface area (Å²) in [6.45, 7) is 4.91. The van der Waals surface area contributed by atoms with E-state index in [4.69, 9.17) is 11.6 Å². The molecule has 0 spiro atoms. The number of piperazine rings is 1. The summed E-state index contributed by atoms with van der Waals surface area (Å²) in [7, 11) is 0. The van der Waals surface area contributed by atoms with Crippen molar-refractivity contribution in [3.63, 3.8) is 0 Å². The highest BCUT2D eigenvalue weighted by atomic mass is 35.5. The van der Waals surface area contributed by atoms with Gasteiger partial charge in [0.15, 0.2) is 0 Å². The molecule has 0 radical (unpaired) electrons. The van der Waals surface area contributed by atoms with Crippen molar-refractivity contribution >= 4 is 35.1 Å². The maximum atomic E-state index is 12.6. The molecule has 0 unspecified atom stereocenters. The Balaban J connectivity index is 1.54. The second-order valence-electron chi connectivity index (χ2n) is 5.58. The topological polar surface area (TPSA) is 49.3 Å². The molecular weight excluding hydrogens is 344 g/mol. The zero-order chi connectivity index (χ0) is 16.9. The minimum Gasteiger partial charge on any atom is -0.353 e. The third-order valence-electron chi connectivity index (χ3n) is 3.91. The highest BCUT2D eigenvalue weighted by Gasteiger charge is 2.26. The van der Waals surface area contributed by atoms with Gasteiger partial charge in [0.05, 0.1) is 15.3 Å². The standard InChI is InChI=1S/C17H19ClN4OS/c1-13(24-16-4-2-3-7-19-16)17(23)22-10-8-21(9-11-22)15-6-5-14(18)12-20-15/h2-7,12-13H,8-11H2,1H3/t13-/m1/s1. The fraction of sp³-hybridized carbons (Fsp3) is 0.353. The Morgan fingerprint density at radius 3 is 2.58 bits per heavy atom. The van der Waals surface area contributed by atoms with Crippen molar-refractivity contribution in [1.29, 1.82) is 0 Å². The molecule has 3 heterocycles. The Bertz CT molecular complexity index is 675. The molecule has 1 aliphatic heterocycles. The van der Waals surface area contributed by atoms with E-state index in [0.717, 1.165) is 23.9 Å². The minimum absolute atomic E-state index is 0.139. The largest absolute Gasteiger partial charge is 0.353 e. The molecule has 0 saturated carbocycles. The average Bonchev–Trinajstić information content (AvgIpc) is 2.63. The normalized spacial score (nSPS) is 16.1. The average molecular weight is 363 g/mol. The maximum Gasteiger partial charge on any atom is 0.235 e. The minimum atomic E-state index is -0.139. The Morgan fingerprint density at radius 1 is 1.17 bits per heavy atom. The number of amides is 1. The van der Waals surface area contributed by atoms with E-state index in [9.17, 15) is 4.79 Å². The number of hydrogen-bond donors (Lipinski definition) is 0. The van der Waals surface area contributed by atoms with Crippen molar-refractivity contribution < 1.29 is 4.79 Å². The molecule has 1 atom stereocenters. The predicted octanol–water partition coefficient (Wildman–Crippen LogP) is 2.96. The Morgan fingerprint density at radius 2 is 1.96 bits per heavy atom. The summed E-state index contributed by atoms with van der Waals surface area (Å²) < 4.78 is 0. The number of carbonyl (C=O) groups is 1. The van der Waals surface area contributed by atoms with Crippen LogP contribution < -0.4 is 4.90 Å². The van der Waals surface area contributed by atoms with Gasteiger partial charge in [-0.15, -0.1) is 0 Å². The number of thioether (sulfide) groups is 1. The zero-order valence-corrected chi connectivity index (χ0v) is 15.0. The van der Waals surface area contributed by atoms with E-state index >= 15 is 0 Å². The van der Waals surface area contributed by atoms with Crippen molar-refractivity contribution in [3.8, 4) is 0 Å². The summed E-state index contributed by atoms with van der Waals surface area (Å²) in [5.41, 5.74) is 0. The summed E-state index contributed by atoms with van der Waals surface area (Å²) in [6.07, 6.45) is 3.40. The van der Waals surface area contributed by atoms with Crippen molar-refractivity contribution in [1.82, 2.24) is 14.9 Å². The highest BCUT2D eigenvalue weighted by Crippen LogP contribution is 2.23. The lowest BCUT2D eigenvalue weighted by molar-refractivity contribution is -0.130. The van der Waals surface area contributed by atoms with Crippen molar-refractivity contribution in [2.75, 3.05) is 31.1 Å². The Kier molecular flexibility index (Phi) is 5.58. The maximum absolute atomic E-state index is 12.6. The first kappa shape index (κ1) is 17.0. The fourth-order valence-electron chi connectivity index (χ4n) is 2.62. The SMILES string of the molecule is C[C@@H](Sc1ccccn1)C(=O)N1CCN(c2ccc(Cl)cn2)CC1. The van der Waals surface area contributed by atoms with Crippen LogP contribution in [0, 0.1) is 0 Å². The zero-order valence-electron chi connectivity index (χ0n) is 13.4. The van der Waals surface area contributed by atoms with Gasteiger partial charge >= 0.3 is 0 Å². The van der Waals surface area contributed by atoms with Crippen molar-refractivity contribution in [2.24, 2.45) is 0 Å². The van der Waals surface area contributed by atoms with Crippen LogP contribution in [0.25, 0.3) is 0 Å². The third kappa shape index (κ3) is 4.19. The first-order chi connectivity index (χ1) is 11.6. The van der Waals surface area contributed by atoms with Gasteiger partial charge in [-0.2, -0.15) is 0 Å². The van der Waals surface area contributed by atoms with Gasteiger partial charge in [-0.3, -0.25) is 4.79 Å². The van der Waals surface area contributed by atoms with Crippen LogP contribution in [0.3, 0.4) is 0 Å². The van der Waals surface area contributed by atoms with E-state index in [1.165, 1.54) is 11.8 Å². The quantitative estimate of drug-likeness (QED) is 0.782. The van der Waals surface area contributed by atoms with Crippen LogP contribution in [-0.4, -0.2) is 52.2 Å². The van der Waals surface area contributed by atoms with Crippen molar-refractivity contribution in [2.45, 2.75) is 17.2 Å². The summed E-state index contributed by atoms with van der Waals surface area (Å²) in [6, 6.07) is 9.50.